The van der Waals surface area contributed by atoms with E-state index in [9.17, 15) is 14.4 Å². The van der Waals surface area contributed by atoms with Crippen molar-refractivity contribution in [1.82, 2.24) is 0 Å². The Morgan fingerprint density at radius 3 is 2.06 bits per heavy atom. The van der Waals surface area contributed by atoms with Crippen molar-refractivity contribution in [3.63, 3.8) is 0 Å². The third-order valence-corrected chi connectivity index (χ3v) is 5.78. The second kappa shape index (κ2) is 8.21. The smallest absolute Gasteiger partial charge is 0.335 e. The summed E-state index contributed by atoms with van der Waals surface area (Å²) in [6.45, 7) is 0. The summed E-state index contributed by atoms with van der Waals surface area (Å²) in [5.74, 6) is -1.42. The SMILES string of the molecule is O=C(O)c1ccc(-c2ccc(/C=C3/SC(=S)N(c4ccc(C(=O)O)cc4)C3=O)o2)cc1. The van der Waals surface area contributed by atoms with E-state index in [0.29, 0.717) is 32.0 Å². The van der Waals surface area contributed by atoms with Gasteiger partial charge in [-0.15, -0.1) is 0 Å². The molecule has 0 bridgehead atoms. The number of amides is 1. The lowest BCUT2D eigenvalue weighted by molar-refractivity contribution is -0.113. The maximum atomic E-state index is 12.9. The number of nitrogens with zero attached hydrogens (tertiary/aromatic N) is 1. The fourth-order valence-corrected chi connectivity index (χ4v) is 4.21. The number of carbonyl (C=O) groups is 3. The third kappa shape index (κ3) is 4.14. The molecule has 0 unspecified atom stereocenters. The van der Waals surface area contributed by atoms with Gasteiger partial charge in [-0.3, -0.25) is 9.69 Å². The number of hydrogen-bond acceptors (Lipinski definition) is 6. The van der Waals surface area contributed by atoms with Crippen LogP contribution in [0.1, 0.15) is 26.5 Å². The summed E-state index contributed by atoms with van der Waals surface area (Å²) in [5.41, 5.74) is 1.48. The van der Waals surface area contributed by atoms with Gasteiger partial charge in [-0.25, -0.2) is 9.59 Å². The third-order valence-electron chi connectivity index (χ3n) is 4.48. The van der Waals surface area contributed by atoms with Gasteiger partial charge in [0.15, 0.2) is 4.32 Å². The molecule has 0 atom stereocenters. The number of thioether (sulfide) groups is 1. The van der Waals surface area contributed by atoms with Crippen LogP contribution in [0, 0.1) is 0 Å². The van der Waals surface area contributed by atoms with E-state index in [1.165, 1.54) is 41.3 Å². The number of carboxylic acids is 2. The molecule has 1 amide bonds. The Hall–Kier alpha value is -3.69. The predicted molar refractivity (Wildman–Crippen MR) is 120 cm³/mol. The normalized spacial score (nSPS) is 15.0. The standard InChI is InChI=1S/C22H13NO6S2/c24-19-18(31-22(30)23(19)15-7-5-14(6-8-15)21(27)28)11-16-9-10-17(29-16)12-1-3-13(4-2-12)20(25)26/h1-11H,(H,25,26)(H,27,28)/b18-11+. The Balaban J connectivity index is 1.56. The van der Waals surface area contributed by atoms with Gasteiger partial charge in [0.05, 0.1) is 21.7 Å². The van der Waals surface area contributed by atoms with Crippen molar-refractivity contribution in [3.05, 3.63) is 82.5 Å². The average molecular weight is 451 g/mol. The predicted octanol–water partition coefficient (Wildman–Crippen LogP) is 4.75. The molecule has 1 fully saturated rings. The zero-order valence-corrected chi connectivity index (χ0v) is 17.3. The first-order valence-corrected chi connectivity index (χ1v) is 10.1. The maximum absolute atomic E-state index is 12.9. The fraction of sp³-hybridized carbons (Fsp3) is 0. The number of aromatic carboxylic acids is 2. The van der Waals surface area contributed by atoms with Crippen molar-refractivity contribution in [2.45, 2.75) is 0 Å². The molecule has 3 aromatic rings. The van der Waals surface area contributed by atoms with Crippen LogP contribution in [0.2, 0.25) is 0 Å². The molecule has 154 valence electrons. The van der Waals surface area contributed by atoms with Crippen LogP contribution in [0.15, 0.2) is 70.0 Å². The van der Waals surface area contributed by atoms with Gasteiger partial charge in [-0.1, -0.05) is 36.1 Å². The second-order valence-corrected chi connectivity index (χ2v) is 8.13. The highest BCUT2D eigenvalue weighted by Crippen LogP contribution is 2.36. The van der Waals surface area contributed by atoms with Crippen LogP contribution in [0.5, 0.6) is 0 Å². The van der Waals surface area contributed by atoms with Crippen LogP contribution in [-0.2, 0) is 4.79 Å². The Morgan fingerprint density at radius 2 is 1.48 bits per heavy atom. The number of thiocarbonyl (C=S) groups is 1. The highest BCUT2D eigenvalue weighted by Gasteiger charge is 2.33. The van der Waals surface area contributed by atoms with Gasteiger partial charge in [0.25, 0.3) is 5.91 Å². The summed E-state index contributed by atoms with van der Waals surface area (Å²) < 4.78 is 6.11. The molecule has 2 aromatic carbocycles. The molecule has 1 saturated heterocycles. The maximum Gasteiger partial charge on any atom is 0.335 e. The van der Waals surface area contributed by atoms with Crippen molar-refractivity contribution in [2.75, 3.05) is 4.90 Å². The summed E-state index contributed by atoms with van der Waals surface area (Å²) in [5, 5.41) is 18.0. The summed E-state index contributed by atoms with van der Waals surface area (Å²) in [7, 11) is 0. The molecule has 1 aliphatic heterocycles. The summed E-state index contributed by atoms with van der Waals surface area (Å²) >= 11 is 6.44. The number of rotatable bonds is 5. The van der Waals surface area contributed by atoms with E-state index in [1.54, 1.807) is 30.3 Å². The minimum atomic E-state index is -1.05. The van der Waals surface area contributed by atoms with Crippen LogP contribution in [0.25, 0.3) is 17.4 Å². The number of furan rings is 1. The molecule has 4 rings (SSSR count). The zero-order valence-electron chi connectivity index (χ0n) is 15.6. The van der Waals surface area contributed by atoms with Gasteiger partial charge < -0.3 is 14.6 Å². The van der Waals surface area contributed by atoms with Gasteiger partial charge in [-0.05, 0) is 48.5 Å². The monoisotopic (exact) mass is 451 g/mol. The molecule has 31 heavy (non-hydrogen) atoms. The molecule has 1 aliphatic rings. The van der Waals surface area contributed by atoms with Crippen molar-refractivity contribution in [2.24, 2.45) is 0 Å². The molecule has 2 N–H and O–H groups in total. The molecule has 0 radical (unpaired) electrons. The van der Waals surface area contributed by atoms with E-state index >= 15 is 0 Å². The van der Waals surface area contributed by atoms with Crippen LogP contribution in [-0.4, -0.2) is 32.4 Å². The molecule has 0 aliphatic carbocycles. The number of carboxylic acid groups (broad SMARTS) is 2. The van der Waals surface area contributed by atoms with E-state index in [4.69, 9.17) is 26.8 Å². The van der Waals surface area contributed by atoms with Gasteiger partial charge in [0.1, 0.15) is 11.5 Å². The molecular weight excluding hydrogens is 438 g/mol. The summed E-state index contributed by atoms with van der Waals surface area (Å²) in [6.07, 6.45) is 1.58. The first kappa shape index (κ1) is 20.6. The van der Waals surface area contributed by atoms with Crippen molar-refractivity contribution >= 4 is 57.9 Å². The molecule has 2 heterocycles. The number of hydrogen-bond donors (Lipinski definition) is 2. The molecule has 1 aromatic heterocycles. The molecule has 9 heteroatoms. The van der Waals surface area contributed by atoms with E-state index in [0.717, 1.165) is 11.8 Å². The fourth-order valence-electron chi connectivity index (χ4n) is 2.94. The lowest BCUT2D eigenvalue weighted by Crippen LogP contribution is -2.27. The van der Waals surface area contributed by atoms with Crippen LogP contribution in [0.4, 0.5) is 5.69 Å². The minimum absolute atomic E-state index is 0.115. The largest absolute Gasteiger partial charge is 0.478 e. The zero-order chi connectivity index (χ0) is 22.1. The first-order chi connectivity index (χ1) is 14.8. The summed E-state index contributed by atoms with van der Waals surface area (Å²) in [4.78, 5) is 36.5. The minimum Gasteiger partial charge on any atom is -0.478 e. The Bertz CT molecular complexity index is 1240. The number of carbonyl (C=O) groups excluding carboxylic acids is 1. The van der Waals surface area contributed by atoms with Gasteiger partial charge >= 0.3 is 11.9 Å². The molecular formula is C22H13NO6S2. The second-order valence-electron chi connectivity index (χ2n) is 6.45. The van der Waals surface area contributed by atoms with Crippen molar-refractivity contribution in [1.29, 1.82) is 0 Å². The highest BCUT2D eigenvalue weighted by atomic mass is 32.2. The quantitative estimate of drug-likeness (QED) is 0.423. The van der Waals surface area contributed by atoms with Crippen LogP contribution in [0.3, 0.4) is 0 Å². The van der Waals surface area contributed by atoms with Gasteiger partial charge in [0.2, 0.25) is 0 Å². The van der Waals surface area contributed by atoms with E-state index in [2.05, 4.69) is 0 Å². The topological polar surface area (TPSA) is 108 Å². The lowest BCUT2D eigenvalue weighted by atomic mass is 10.1. The van der Waals surface area contributed by atoms with E-state index in [1.807, 2.05) is 0 Å². The molecule has 0 spiro atoms. The number of benzene rings is 2. The van der Waals surface area contributed by atoms with Gasteiger partial charge in [0, 0.05) is 11.6 Å². The lowest BCUT2D eigenvalue weighted by Gasteiger charge is -2.14. The van der Waals surface area contributed by atoms with E-state index < -0.39 is 11.9 Å². The first-order valence-electron chi connectivity index (χ1n) is 8.88. The van der Waals surface area contributed by atoms with Crippen molar-refractivity contribution < 1.29 is 29.0 Å². The highest BCUT2D eigenvalue weighted by molar-refractivity contribution is 8.27. The number of anilines is 1. The van der Waals surface area contributed by atoms with Crippen molar-refractivity contribution in [3.8, 4) is 11.3 Å². The summed E-state index contributed by atoms with van der Waals surface area (Å²) in [6, 6.07) is 15.6. The Kier molecular flexibility index (Phi) is 5.45. The Morgan fingerprint density at radius 1 is 0.903 bits per heavy atom. The molecule has 7 nitrogen and oxygen atoms in total. The van der Waals surface area contributed by atoms with Crippen LogP contribution >= 0.6 is 24.0 Å². The van der Waals surface area contributed by atoms with E-state index in [-0.39, 0.29) is 17.0 Å². The molecule has 0 saturated carbocycles. The Labute approximate surface area is 185 Å². The van der Waals surface area contributed by atoms with Gasteiger partial charge in [-0.2, -0.15) is 0 Å². The van der Waals surface area contributed by atoms with Crippen LogP contribution < -0.4 is 4.90 Å². The average Bonchev–Trinajstić information content (AvgIpc) is 3.32.